The number of hydrogen-bond acceptors (Lipinski definition) is 4. The van der Waals surface area contributed by atoms with E-state index in [4.69, 9.17) is 0 Å². The van der Waals surface area contributed by atoms with Crippen molar-refractivity contribution in [2.75, 3.05) is 18.4 Å². The van der Waals surface area contributed by atoms with E-state index in [9.17, 15) is 18.8 Å². The molecule has 1 aromatic carbocycles. The van der Waals surface area contributed by atoms with E-state index in [-0.39, 0.29) is 5.69 Å². The van der Waals surface area contributed by atoms with Crippen molar-refractivity contribution in [2.24, 2.45) is 0 Å². The van der Waals surface area contributed by atoms with Gasteiger partial charge in [0, 0.05) is 6.54 Å². The number of anilines is 1. The third-order valence-corrected chi connectivity index (χ3v) is 5.24. The van der Waals surface area contributed by atoms with Gasteiger partial charge >= 0.3 is 6.03 Å². The van der Waals surface area contributed by atoms with Crippen LogP contribution in [-0.4, -0.2) is 41.4 Å². The molecule has 140 valence electrons. The molecular weight excluding hydrogens is 339 g/mol. The molecule has 0 bridgehead atoms. The zero-order valence-electron chi connectivity index (χ0n) is 14.9. The lowest BCUT2D eigenvalue weighted by Gasteiger charge is -2.23. The molecule has 4 amide bonds. The van der Waals surface area contributed by atoms with Crippen molar-refractivity contribution in [3.8, 4) is 0 Å². The SMILES string of the molecule is CCC1(CC)NC(=O)N(CC(=O)Nc2ccc3c(c2F)CCNC3)C1=O. The maximum atomic E-state index is 14.6. The number of benzene rings is 1. The highest BCUT2D eigenvalue weighted by molar-refractivity contribution is 6.10. The smallest absolute Gasteiger partial charge is 0.323 e. The van der Waals surface area contributed by atoms with Gasteiger partial charge in [-0.1, -0.05) is 19.9 Å². The second-order valence-electron chi connectivity index (χ2n) is 6.65. The summed E-state index contributed by atoms with van der Waals surface area (Å²) in [6.45, 7) is 4.45. The topological polar surface area (TPSA) is 90.5 Å². The van der Waals surface area contributed by atoms with Gasteiger partial charge in [-0.25, -0.2) is 9.18 Å². The van der Waals surface area contributed by atoms with Crippen LogP contribution in [0.15, 0.2) is 12.1 Å². The van der Waals surface area contributed by atoms with Crippen LogP contribution >= 0.6 is 0 Å². The second kappa shape index (κ2) is 7.03. The molecule has 0 spiro atoms. The standard InChI is InChI=1S/C18H23FN4O3/c1-3-18(4-2)16(25)23(17(26)22-18)10-14(24)21-13-6-5-11-9-20-8-7-12(11)15(13)19/h5-6,20H,3-4,7-10H2,1-2H3,(H,21,24)(H,22,26). The molecule has 2 aliphatic rings. The minimum atomic E-state index is -0.957. The molecule has 7 nitrogen and oxygen atoms in total. The molecule has 3 rings (SSSR count). The van der Waals surface area contributed by atoms with Crippen LogP contribution in [0, 0.1) is 5.82 Å². The van der Waals surface area contributed by atoms with Gasteiger partial charge in [0.15, 0.2) is 0 Å². The van der Waals surface area contributed by atoms with Crippen LogP contribution in [0.3, 0.4) is 0 Å². The minimum Gasteiger partial charge on any atom is -0.323 e. The number of rotatable bonds is 5. The Morgan fingerprint density at radius 2 is 2.04 bits per heavy atom. The Balaban J connectivity index is 1.72. The van der Waals surface area contributed by atoms with Gasteiger partial charge in [-0.3, -0.25) is 14.5 Å². The fourth-order valence-corrected chi connectivity index (χ4v) is 3.51. The molecule has 0 radical (unpaired) electrons. The number of halogens is 1. The number of urea groups is 1. The number of amides is 4. The van der Waals surface area contributed by atoms with E-state index in [1.807, 2.05) is 13.8 Å². The molecule has 0 aromatic heterocycles. The molecular formula is C18H23FN4O3. The predicted octanol–water partition coefficient (Wildman–Crippen LogP) is 1.52. The summed E-state index contributed by atoms with van der Waals surface area (Å²) < 4.78 is 14.6. The average Bonchev–Trinajstić information content (AvgIpc) is 2.89. The Bertz CT molecular complexity index is 761. The Labute approximate surface area is 151 Å². The van der Waals surface area contributed by atoms with E-state index in [1.54, 1.807) is 6.07 Å². The average molecular weight is 362 g/mol. The molecule has 26 heavy (non-hydrogen) atoms. The zero-order valence-corrected chi connectivity index (χ0v) is 14.9. The largest absolute Gasteiger partial charge is 0.325 e. The van der Waals surface area contributed by atoms with Crippen LogP contribution in [0.25, 0.3) is 0 Å². The lowest BCUT2D eigenvalue weighted by molar-refractivity contribution is -0.134. The number of carbonyl (C=O) groups is 3. The monoisotopic (exact) mass is 362 g/mol. The van der Waals surface area contributed by atoms with Gasteiger partial charge in [-0.05, 0) is 43.0 Å². The highest BCUT2D eigenvalue weighted by atomic mass is 19.1. The number of nitrogens with one attached hydrogen (secondary N) is 3. The van der Waals surface area contributed by atoms with Gasteiger partial charge in [-0.15, -0.1) is 0 Å². The maximum absolute atomic E-state index is 14.6. The molecule has 3 N–H and O–H groups in total. The highest BCUT2D eigenvalue weighted by Gasteiger charge is 2.49. The highest BCUT2D eigenvalue weighted by Crippen LogP contribution is 2.26. The van der Waals surface area contributed by atoms with Crippen molar-refractivity contribution >= 4 is 23.5 Å². The van der Waals surface area contributed by atoms with Crippen molar-refractivity contribution in [3.63, 3.8) is 0 Å². The number of hydrogen-bond donors (Lipinski definition) is 3. The van der Waals surface area contributed by atoms with Gasteiger partial charge in [0.05, 0.1) is 5.69 Å². The summed E-state index contributed by atoms with van der Waals surface area (Å²) in [5.74, 6) is -1.48. The summed E-state index contributed by atoms with van der Waals surface area (Å²) in [7, 11) is 0. The van der Waals surface area contributed by atoms with E-state index in [0.717, 1.165) is 10.5 Å². The summed E-state index contributed by atoms with van der Waals surface area (Å²) in [4.78, 5) is 37.8. The molecule has 1 aromatic rings. The molecule has 1 saturated heterocycles. The van der Waals surface area contributed by atoms with Crippen LogP contribution in [0.4, 0.5) is 14.9 Å². The van der Waals surface area contributed by atoms with Crippen molar-refractivity contribution in [2.45, 2.75) is 45.2 Å². The van der Waals surface area contributed by atoms with Gasteiger partial charge in [0.2, 0.25) is 5.91 Å². The quantitative estimate of drug-likeness (QED) is 0.693. The minimum absolute atomic E-state index is 0.0694. The first kappa shape index (κ1) is 18.3. The molecule has 1 fully saturated rings. The molecule has 2 aliphatic heterocycles. The van der Waals surface area contributed by atoms with Crippen LogP contribution in [-0.2, 0) is 22.6 Å². The van der Waals surface area contributed by atoms with Gasteiger partial charge in [-0.2, -0.15) is 0 Å². The van der Waals surface area contributed by atoms with Crippen LogP contribution in [0.1, 0.15) is 37.8 Å². The molecule has 0 unspecified atom stereocenters. The van der Waals surface area contributed by atoms with Crippen molar-refractivity contribution in [1.82, 2.24) is 15.5 Å². The Kier molecular flexibility index (Phi) is 4.95. The van der Waals surface area contributed by atoms with E-state index < -0.39 is 35.7 Å². The van der Waals surface area contributed by atoms with Gasteiger partial charge in [0.1, 0.15) is 17.9 Å². The zero-order chi connectivity index (χ0) is 18.9. The normalized spacial score (nSPS) is 18.5. The lowest BCUT2D eigenvalue weighted by Crippen LogP contribution is -2.46. The Morgan fingerprint density at radius 3 is 2.69 bits per heavy atom. The number of nitrogens with zero attached hydrogens (tertiary/aromatic N) is 1. The van der Waals surface area contributed by atoms with Crippen LogP contribution < -0.4 is 16.0 Å². The summed E-state index contributed by atoms with van der Waals surface area (Å²) in [6, 6.07) is 2.69. The number of imide groups is 1. The number of carbonyl (C=O) groups excluding carboxylic acids is 3. The summed E-state index contributed by atoms with van der Waals surface area (Å²) >= 11 is 0. The Morgan fingerprint density at radius 1 is 1.31 bits per heavy atom. The first-order valence-corrected chi connectivity index (χ1v) is 8.86. The first-order chi connectivity index (χ1) is 12.4. The second-order valence-corrected chi connectivity index (χ2v) is 6.65. The van der Waals surface area contributed by atoms with Gasteiger partial charge in [0.25, 0.3) is 5.91 Å². The summed E-state index contributed by atoms with van der Waals surface area (Å²) in [5, 5.41) is 8.31. The molecule has 8 heteroatoms. The van der Waals surface area contributed by atoms with Crippen molar-refractivity contribution in [1.29, 1.82) is 0 Å². The summed E-state index contributed by atoms with van der Waals surface area (Å²) in [6.07, 6.45) is 1.44. The van der Waals surface area contributed by atoms with E-state index in [2.05, 4.69) is 16.0 Å². The molecule has 0 saturated carbocycles. The third kappa shape index (κ3) is 3.05. The molecule has 0 aliphatic carbocycles. The predicted molar refractivity (Wildman–Crippen MR) is 94.0 cm³/mol. The number of fused-ring (bicyclic) bond motifs is 1. The fraction of sp³-hybridized carbons (Fsp3) is 0.500. The first-order valence-electron chi connectivity index (χ1n) is 8.86. The van der Waals surface area contributed by atoms with E-state index >= 15 is 0 Å². The Hall–Kier alpha value is -2.48. The van der Waals surface area contributed by atoms with Crippen LogP contribution in [0.5, 0.6) is 0 Å². The van der Waals surface area contributed by atoms with Crippen molar-refractivity contribution in [3.05, 3.63) is 29.1 Å². The third-order valence-electron chi connectivity index (χ3n) is 5.24. The van der Waals surface area contributed by atoms with Gasteiger partial charge < -0.3 is 16.0 Å². The van der Waals surface area contributed by atoms with E-state index in [0.29, 0.717) is 37.9 Å². The fourth-order valence-electron chi connectivity index (χ4n) is 3.51. The van der Waals surface area contributed by atoms with Crippen molar-refractivity contribution < 1.29 is 18.8 Å². The lowest BCUT2D eigenvalue weighted by atomic mass is 9.93. The molecule has 0 atom stereocenters. The molecule has 2 heterocycles. The summed E-state index contributed by atoms with van der Waals surface area (Å²) in [5.41, 5.74) is 0.575. The van der Waals surface area contributed by atoms with E-state index in [1.165, 1.54) is 6.07 Å². The maximum Gasteiger partial charge on any atom is 0.325 e. The van der Waals surface area contributed by atoms with Crippen LogP contribution in [0.2, 0.25) is 0 Å².